The van der Waals surface area contributed by atoms with Gasteiger partial charge in [-0.1, -0.05) is 42.5 Å². The van der Waals surface area contributed by atoms with Gasteiger partial charge in [-0.25, -0.2) is 18.6 Å². The van der Waals surface area contributed by atoms with Crippen LogP contribution in [-0.2, 0) is 11.4 Å². The van der Waals surface area contributed by atoms with E-state index in [0.717, 1.165) is 28.7 Å². The number of fused-ring (bicyclic) bond motifs is 1. The van der Waals surface area contributed by atoms with Crippen molar-refractivity contribution in [2.75, 3.05) is 0 Å². The zero-order valence-electron chi connectivity index (χ0n) is 16.3. The molecule has 1 aromatic heterocycles. The first-order valence-corrected chi connectivity index (χ1v) is 9.47. The van der Waals surface area contributed by atoms with Gasteiger partial charge < -0.3 is 9.84 Å². The van der Waals surface area contributed by atoms with Crippen LogP contribution in [0, 0.1) is 11.6 Å². The first-order chi connectivity index (χ1) is 15.0. The Hall–Kier alpha value is -4.06. The molecule has 0 spiro atoms. The lowest BCUT2D eigenvalue weighted by molar-refractivity contribution is -0.130. The Morgan fingerprint density at radius 2 is 1.71 bits per heavy atom. The molecule has 1 heterocycles. The van der Waals surface area contributed by atoms with Gasteiger partial charge in [0, 0.05) is 5.39 Å². The molecule has 0 bridgehead atoms. The van der Waals surface area contributed by atoms with Crippen molar-refractivity contribution in [1.82, 2.24) is 4.98 Å². The summed E-state index contributed by atoms with van der Waals surface area (Å²) in [6, 6.07) is 21.4. The second-order valence-electron chi connectivity index (χ2n) is 6.85. The Labute approximate surface area is 177 Å². The van der Waals surface area contributed by atoms with E-state index in [1.165, 1.54) is 12.1 Å². The van der Waals surface area contributed by atoms with E-state index >= 15 is 0 Å². The zero-order chi connectivity index (χ0) is 21.8. The van der Waals surface area contributed by atoms with Gasteiger partial charge >= 0.3 is 5.97 Å². The van der Waals surface area contributed by atoms with E-state index in [0.29, 0.717) is 11.3 Å². The Kier molecular flexibility index (Phi) is 5.71. The van der Waals surface area contributed by atoms with Gasteiger partial charge in [0.2, 0.25) is 0 Å². The molecule has 6 heteroatoms. The van der Waals surface area contributed by atoms with Crippen LogP contribution in [0.15, 0.2) is 78.9 Å². The highest BCUT2D eigenvalue weighted by Crippen LogP contribution is 2.23. The number of aromatic nitrogens is 1. The summed E-state index contributed by atoms with van der Waals surface area (Å²) in [6.45, 7) is 0.265. The van der Waals surface area contributed by atoms with Gasteiger partial charge in [-0.05, 0) is 53.6 Å². The molecule has 4 nitrogen and oxygen atoms in total. The molecule has 154 valence electrons. The summed E-state index contributed by atoms with van der Waals surface area (Å²) in [5, 5.41) is 10.6. The van der Waals surface area contributed by atoms with Gasteiger partial charge in [0.15, 0.2) is 11.6 Å². The van der Waals surface area contributed by atoms with Gasteiger partial charge in [-0.3, -0.25) is 0 Å². The largest absolute Gasteiger partial charge is 0.487 e. The SMILES string of the molecule is O=C(O)C(=Cc1ccc(F)c(F)c1)c1ccc(OCc2ccc3ccccc3n2)cc1. The number of benzene rings is 3. The monoisotopic (exact) mass is 417 g/mol. The molecule has 0 amide bonds. The molecular formula is C25H17F2NO3. The standard InChI is InChI=1S/C25H17F2NO3/c26-22-12-5-16(14-23(22)27)13-21(25(29)30)17-7-10-20(11-8-17)31-15-19-9-6-18-3-1-2-4-24(18)28-19/h1-14H,15H2,(H,29,30). The molecule has 1 N–H and O–H groups in total. The molecular weight excluding hydrogens is 400 g/mol. The molecule has 4 aromatic rings. The van der Waals surface area contributed by atoms with Gasteiger partial charge in [0.05, 0.1) is 16.8 Å². The van der Waals surface area contributed by atoms with Crippen molar-refractivity contribution in [3.63, 3.8) is 0 Å². The number of halogens is 2. The quantitative estimate of drug-likeness (QED) is 0.322. The smallest absolute Gasteiger partial charge is 0.336 e. The lowest BCUT2D eigenvalue weighted by atomic mass is 10.0. The third-order valence-corrected chi connectivity index (χ3v) is 4.69. The number of nitrogens with zero attached hydrogens (tertiary/aromatic N) is 1. The molecule has 0 saturated carbocycles. The summed E-state index contributed by atoms with van der Waals surface area (Å²) in [5.41, 5.74) is 2.26. The molecule has 3 aromatic carbocycles. The van der Waals surface area contributed by atoms with Gasteiger partial charge in [-0.2, -0.15) is 0 Å². The van der Waals surface area contributed by atoms with Gasteiger partial charge in [-0.15, -0.1) is 0 Å². The fraction of sp³-hybridized carbons (Fsp3) is 0.0400. The average Bonchev–Trinajstić information content (AvgIpc) is 2.78. The maximum Gasteiger partial charge on any atom is 0.336 e. The number of carboxylic acids is 1. The predicted octanol–water partition coefficient (Wildman–Crippen LogP) is 5.72. The Balaban J connectivity index is 1.50. The predicted molar refractivity (Wildman–Crippen MR) is 114 cm³/mol. The lowest BCUT2D eigenvalue weighted by Crippen LogP contribution is -2.01. The fourth-order valence-electron chi connectivity index (χ4n) is 3.11. The molecule has 4 rings (SSSR count). The van der Waals surface area contributed by atoms with Crippen molar-refractivity contribution in [1.29, 1.82) is 0 Å². The van der Waals surface area contributed by atoms with Crippen molar-refractivity contribution < 1.29 is 23.4 Å². The highest BCUT2D eigenvalue weighted by Gasteiger charge is 2.12. The number of ether oxygens (including phenoxy) is 1. The van der Waals surface area contributed by atoms with Crippen LogP contribution in [0.3, 0.4) is 0 Å². The molecule has 0 saturated heterocycles. The minimum atomic E-state index is -1.18. The first-order valence-electron chi connectivity index (χ1n) is 9.47. The maximum absolute atomic E-state index is 13.4. The van der Waals surface area contributed by atoms with E-state index in [2.05, 4.69) is 4.98 Å². The van der Waals surface area contributed by atoms with Crippen molar-refractivity contribution in [3.8, 4) is 5.75 Å². The van der Waals surface area contributed by atoms with Gasteiger partial charge in [0.25, 0.3) is 0 Å². The molecule has 0 aliphatic carbocycles. The summed E-state index contributed by atoms with van der Waals surface area (Å²) in [4.78, 5) is 16.2. The Morgan fingerprint density at radius 1 is 0.935 bits per heavy atom. The van der Waals surface area contributed by atoms with Crippen LogP contribution < -0.4 is 4.74 Å². The van der Waals surface area contributed by atoms with Crippen LogP contribution in [0.4, 0.5) is 8.78 Å². The Bertz CT molecular complexity index is 1280. The molecule has 0 aliphatic rings. The number of carbonyl (C=O) groups is 1. The zero-order valence-corrected chi connectivity index (χ0v) is 16.3. The highest BCUT2D eigenvalue weighted by molar-refractivity contribution is 6.20. The van der Waals surface area contributed by atoms with E-state index < -0.39 is 17.6 Å². The van der Waals surface area contributed by atoms with Crippen molar-refractivity contribution in [2.45, 2.75) is 6.61 Å². The second kappa shape index (κ2) is 8.75. The molecule has 31 heavy (non-hydrogen) atoms. The first kappa shape index (κ1) is 20.2. The molecule has 0 aliphatic heterocycles. The number of para-hydroxylation sites is 1. The van der Waals surface area contributed by atoms with E-state index in [-0.39, 0.29) is 17.7 Å². The molecule has 0 atom stereocenters. The molecule has 0 radical (unpaired) electrons. The number of hydrogen-bond acceptors (Lipinski definition) is 3. The summed E-state index contributed by atoms with van der Waals surface area (Å²) >= 11 is 0. The summed E-state index contributed by atoms with van der Waals surface area (Å²) < 4.78 is 32.3. The number of rotatable bonds is 6. The summed E-state index contributed by atoms with van der Waals surface area (Å²) in [6.07, 6.45) is 1.29. The van der Waals surface area contributed by atoms with Crippen molar-refractivity contribution in [3.05, 3.63) is 107 Å². The molecule has 0 fully saturated rings. The van der Waals surface area contributed by atoms with Crippen molar-refractivity contribution >= 4 is 28.5 Å². The lowest BCUT2D eigenvalue weighted by Gasteiger charge is -2.08. The van der Waals surface area contributed by atoms with E-state index in [4.69, 9.17) is 4.74 Å². The second-order valence-corrected chi connectivity index (χ2v) is 6.85. The topological polar surface area (TPSA) is 59.4 Å². The number of pyridine rings is 1. The van der Waals surface area contributed by atoms with Gasteiger partial charge in [0.1, 0.15) is 12.4 Å². The van der Waals surface area contributed by atoms with E-state index in [1.54, 1.807) is 24.3 Å². The average molecular weight is 417 g/mol. The van der Waals surface area contributed by atoms with E-state index in [1.807, 2.05) is 36.4 Å². The number of hydrogen-bond donors (Lipinski definition) is 1. The van der Waals surface area contributed by atoms with Crippen LogP contribution in [0.25, 0.3) is 22.6 Å². The third-order valence-electron chi connectivity index (χ3n) is 4.69. The highest BCUT2D eigenvalue weighted by atomic mass is 19.2. The normalized spacial score (nSPS) is 11.5. The fourth-order valence-corrected chi connectivity index (χ4v) is 3.11. The number of carboxylic acid groups (broad SMARTS) is 1. The van der Waals surface area contributed by atoms with Crippen LogP contribution in [0.2, 0.25) is 0 Å². The van der Waals surface area contributed by atoms with Crippen LogP contribution in [0.5, 0.6) is 5.75 Å². The summed E-state index contributed by atoms with van der Waals surface area (Å²) in [7, 11) is 0. The third kappa shape index (κ3) is 4.75. The van der Waals surface area contributed by atoms with Crippen molar-refractivity contribution in [2.24, 2.45) is 0 Å². The maximum atomic E-state index is 13.4. The minimum Gasteiger partial charge on any atom is -0.487 e. The van der Waals surface area contributed by atoms with Crippen LogP contribution >= 0.6 is 0 Å². The van der Waals surface area contributed by atoms with Crippen LogP contribution in [0.1, 0.15) is 16.8 Å². The Morgan fingerprint density at radius 3 is 2.45 bits per heavy atom. The van der Waals surface area contributed by atoms with Crippen LogP contribution in [-0.4, -0.2) is 16.1 Å². The number of aliphatic carboxylic acids is 1. The summed E-state index contributed by atoms with van der Waals surface area (Å²) in [5.74, 6) is -2.66. The molecule has 0 unspecified atom stereocenters. The van der Waals surface area contributed by atoms with E-state index in [9.17, 15) is 18.7 Å². The minimum absolute atomic E-state index is 0.0474.